The van der Waals surface area contributed by atoms with Gasteiger partial charge in [-0.05, 0) is 19.4 Å². The van der Waals surface area contributed by atoms with E-state index in [1.54, 1.807) is 6.92 Å². The Kier molecular flexibility index (Phi) is 4.93. The molecule has 100 valence electrons. The van der Waals surface area contributed by atoms with Gasteiger partial charge in [0, 0.05) is 0 Å². The van der Waals surface area contributed by atoms with Crippen LogP contribution in [0.1, 0.15) is 22.7 Å². The average Bonchev–Trinajstić information content (AvgIpc) is 2.83. The highest BCUT2D eigenvalue weighted by molar-refractivity contribution is 8.01. The molecule has 1 heterocycles. The Morgan fingerprint density at radius 2 is 2.11 bits per heavy atom. The predicted molar refractivity (Wildman–Crippen MR) is 76.3 cm³/mol. The number of benzene rings is 1. The van der Waals surface area contributed by atoms with Crippen LogP contribution in [0.2, 0.25) is 0 Å². The fourth-order valence-corrected chi connectivity index (χ4v) is 3.53. The van der Waals surface area contributed by atoms with E-state index in [2.05, 4.69) is 10.2 Å². The molecule has 4 nitrogen and oxygen atoms in total. The van der Waals surface area contributed by atoms with E-state index < -0.39 is 5.25 Å². The van der Waals surface area contributed by atoms with Crippen LogP contribution in [-0.2, 0) is 9.53 Å². The van der Waals surface area contributed by atoms with Crippen LogP contribution in [0.25, 0.3) is 0 Å². The normalized spacial score (nSPS) is 12.1. The molecule has 0 aliphatic heterocycles. The van der Waals surface area contributed by atoms with Crippen molar-refractivity contribution >= 4 is 29.1 Å². The van der Waals surface area contributed by atoms with E-state index in [9.17, 15) is 4.79 Å². The van der Waals surface area contributed by atoms with E-state index in [-0.39, 0.29) is 5.97 Å². The van der Waals surface area contributed by atoms with Gasteiger partial charge < -0.3 is 4.74 Å². The molecule has 0 saturated heterocycles. The molecule has 1 aromatic carbocycles. The SMILES string of the molecule is CCOC(=O)C(Sc1nnc(C)s1)c1ccccc1. The molecule has 19 heavy (non-hydrogen) atoms. The molecule has 6 heteroatoms. The highest BCUT2D eigenvalue weighted by Crippen LogP contribution is 2.37. The van der Waals surface area contributed by atoms with Crippen LogP contribution in [0.15, 0.2) is 34.7 Å². The van der Waals surface area contributed by atoms with Crippen molar-refractivity contribution in [1.29, 1.82) is 0 Å². The summed E-state index contributed by atoms with van der Waals surface area (Å²) < 4.78 is 5.91. The lowest BCUT2D eigenvalue weighted by molar-refractivity contribution is -0.142. The largest absolute Gasteiger partial charge is 0.465 e. The number of hydrogen-bond acceptors (Lipinski definition) is 6. The Hall–Kier alpha value is -1.40. The van der Waals surface area contributed by atoms with Gasteiger partial charge in [-0.15, -0.1) is 10.2 Å². The number of nitrogens with zero attached hydrogens (tertiary/aromatic N) is 2. The molecule has 1 aromatic heterocycles. The summed E-state index contributed by atoms with van der Waals surface area (Å²) in [7, 11) is 0. The Balaban J connectivity index is 2.22. The highest BCUT2D eigenvalue weighted by Gasteiger charge is 2.24. The number of carbonyl (C=O) groups is 1. The Bertz CT molecular complexity index is 543. The monoisotopic (exact) mass is 294 g/mol. The summed E-state index contributed by atoms with van der Waals surface area (Å²) in [6.07, 6.45) is 0. The first-order valence-electron chi connectivity index (χ1n) is 5.89. The van der Waals surface area contributed by atoms with Gasteiger partial charge >= 0.3 is 5.97 Å². The Morgan fingerprint density at radius 3 is 2.68 bits per heavy atom. The van der Waals surface area contributed by atoms with E-state index >= 15 is 0 Å². The maximum absolute atomic E-state index is 12.1. The van der Waals surface area contributed by atoms with Gasteiger partial charge in [-0.1, -0.05) is 53.4 Å². The highest BCUT2D eigenvalue weighted by atomic mass is 32.2. The second-order valence-corrected chi connectivity index (χ2v) is 6.28. The van der Waals surface area contributed by atoms with Crippen molar-refractivity contribution in [2.75, 3.05) is 6.61 Å². The third-order valence-corrected chi connectivity index (χ3v) is 4.48. The number of carbonyl (C=O) groups excluding carboxylic acids is 1. The summed E-state index contributed by atoms with van der Waals surface area (Å²) in [5.41, 5.74) is 0.916. The Labute approximate surface area is 120 Å². The molecule has 0 radical (unpaired) electrons. The summed E-state index contributed by atoms with van der Waals surface area (Å²) in [5, 5.41) is 8.50. The number of rotatable bonds is 5. The quantitative estimate of drug-likeness (QED) is 0.626. The van der Waals surface area contributed by atoms with Gasteiger partial charge in [-0.25, -0.2) is 0 Å². The second-order valence-electron chi connectivity index (χ2n) is 3.75. The Morgan fingerprint density at radius 1 is 1.37 bits per heavy atom. The number of aryl methyl sites for hydroxylation is 1. The summed E-state index contributed by atoms with van der Waals surface area (Å²) >= 11 is 2.86. The van der Waals surface area contributed by atoms with Crippen LogP contribution in [0.5, 0.6) is 0 Å². The van der Waals surface area contributed by atoms with Crippen LogP contribution >= 0.6 is 23.1 Å². The topological polar surface area (TPSA) is 52.1 Å². The molecular weight excluding hydrogens is 280 g/mol. The van der Waals surface area contributed by atoms with Gasteiger partial charge in [0.05, 0.1) is 6.61 Å². The average molecular weight is 294 g/mol. The molecule has 0 amide bonds. The zero-order valence-corrected chi connectivity index (χ0v) is 12.3. The van der Waals surface area contributed by atoms with Crippen LogP contribution in [0.4, 0.5) is 0 Å². The maximum Gasteiger partial charge on any atom is 0.324 e. The maximum atomic E-state index is 12.1. The van der Waals surface area contributed by atoms with Crippen molar-refractivity contribution in [3.05, 3.63) is 40.9 Å². The fourth-order valence-electron chi connectivity index (χ4n) is 1.52. The molecular formula is C13H14N2O2S2. The second kappa shape index (κ2) is 6.68. The van der Waals surface area contributed by atoms with Gasteiger partial charge in [0.25, 0.3) is 0 Å². The molecule has 0 aliphatic carbocycles. The molecule has 0 spiro atoms. The molecule has 0 N–H and O–H groups in total. The molecule has 0 bridgehead atoms. The first kappa shape index (κ1) is 14.0. The van der Waals surface area contributed by atoms with E-state index in [4.69, 9.17) is 4.74 Å². The first-order valence-corrected chi connectivity index (χ1v) is 7.58. The molecule has 1 atom stereocenters. The third kappa shape index (κ3) is 3.78. The van der Waals surface area contributed by atoms with E-state index in [0.29, 0.717) is 6.61 Å². The molecule has 2 rings (SSSR count). The minimum absolute atomic E-state index is 0.244. The van der Waals surface area contributed by atoms with Crippen molar-refractivity contribution < 1.29 is 9.53 Å². The van der Waals surface area contributed by atoms with Gasteiger partial charge in [-0.2, -0.15) is 0 Å². The number of ether oxygens (including phenoxy) is 1. The van der Waals surface area contributed by atoms with Crippen molar-refractivity contribution in [2.45, 2.75) is 23.4 Å². The molecule has 0 saturated carbocycles. The van der Waals surface area contributed by atoms with E-state index in [0.717, 1.165) is 14.9 Å². The van der Waals surface area contributed by atoms with Crippen molar-refractivity contribution in [1.82, 2.24) is 10.2 Å². The molecule has 0 fully saturated rings. The van der Waals surface area contributed by atoms with Gasteiger partial charge in [-0.3, -0.25) is 4.79 Å². The minimum atomic E-state index is -0.395. The fraction of sp³-hybridized carbons (Fsp3) is 0.308. The number of thioether (sulfide) groups is 1. The molecule has 1 unspecified atom stereocenters. The van der Waals surface area contributed by atoms with Crippen LogP contribution in [0.3, 0.4) is 0 Å². The van der Waals surface area contributed by atoms with Crippen LogP contribution in [0, 0.1) is 6.92 Å². The van der Waals surface area contributed by atoms with E-state index in [1.165, 1.54) is 23.1 Å². The third-order valence-electron chi connectivity index (χ3n) is 2.33. The lowest BCUT2D eigenvalue weighted by Gasteiger charge is -2.13. The first-order chi connectivity index (χ1) is 9.20. The summed E-state index contributed by atoms with van der Waals surface area (Å²) in [6.45, 7) is 4.07. The summed E-state index contributed by atoms with van der Waals surface area (Å²) in [6, 6.07) is 9.58. The predicted octanol–water partition coefficient (Wildman–Crippen LogP) is 3.24. The number of aromatic nitrogens is 2. The summed E-state index contributed by atoms with van der Waals surface area (Å²) in [4.78, 5) is 12.1. The smallest absolute Gasteiger partial charge is 0.324 e. The van der Waals surface area contributed by atoms with Gasteiger partial charge in [0.2, 0.25) is 0 Å². The van der Waals surface area contributed by atoms with Crippen LogP contribution < -0.4 is 0 Å². The van der Waals surface area contributed by atoms with E-state index in [1.807, 2.05) is 37.3 Å². The number of hydrogen-bond donors (Lipinski definition) is 0. The van der Waals surface area contributed by atoms with Crippen LogP contribution in [-0.4, -0.2) is 22.8 Å². The number of esters is 1. The lowest BCUT2D eigenvalue weighted by atomic mass is 10.1. The van der Waals surface area contributed by atoms with Gasteiger partial charge in [0.15, 0.2) is 4.34 Å². The lowest BCUT2D eigenvalue weighted by Crippen LogP contribution is -2.13. The molecule has 2 aromatic rings. The summed E-state index contributed by atoms with van der Waals surface area (Å²) in [5.74, 6) is -0.244. The van der Waals surface area contributed by atoms with Gasteiger partial charge in [0.1, 0.15) is 10.3 Å². The zero-order valence-electron chi connectivity index (χ0n) is 10.7. The molecule has 0 aliphatic rings. The van der Waals surface area contributed by atoms with Crippen molar-refractivity contribution in [2.24, 2.45) is 0 Å². The van der Waals surface area contributed by atoms with Crippen molar-refractivity contribution in [3.63, 3.8) is 0 Å². The zero-order chi connectivity index (χ0) is 13.7. The minimum Gasteiger partial charge on any atom is -0.465 e. The standard InChI is InChI=1S/C13H14N2O2S2/c1-3-17-12(16)11(10-7-5-4-6-8-10)19-13-15-14-9(2)18-13/h4-8,11H,3H2,1-2H3. The van der Waals surface area contributed by atoms with Crippen molar-refractivity contribution in [3.8, 4) is 0 Å².